The Morgan fingerprint density at radius 2 is 2.07 bits per heavy atom. The minimum atomic E-state index is -0.0917. The van der Waals surface area contributed by atoms with Gasteiger partial charge in [0.2, 0.25) is 5.91 Å². The van der Waals surface area contributed by atoms with E-state index in [4.69, 9.17) is 4.74 Å². The third-order valence-corrected chi connectivity index (χ3v) is 6.14. The highest BCUT2D eigenvalue weighted by Crippen LogP contribution is 2.21. The summed E-state index contributed by atoms with van der Waals surface area (Å²) in [5.74, 6) is 0.806. The predicted octanol–water partition coefficient (Wildman–Crippen LogP) is 4.62. The molecule has 1 aromatic heterocycles. The Morgan fingerprint density at radius 3 is 2.77 bits per heavy atom. The summed E-state index contributed by atoms with van der Waals surface area (Å²) in [6.07, 6.45) is 2.75. The summed E-state index contributed by atoms with van der Waals surface area (Å²) in [6.45, 7) is 10.1. The van der Waals surface area contributed by atoms with Crippen LogP contribution in [-0.4, -0.2) is 40.5 Å². The van der Waals surface area contributed by atoms with E-state index in [9.17, 15) is 9.59 Å². The van der Waals surface area contributed by atoms with Crippen LogP contribution >= 0.6 is 27.7 Å². The number of thioether (sulfide) groups is 1. The van der Waals surface area contributed by atoms with E-state index in [1.54, 1.807) is 10.6 Å². The molecule has 0 fully saturated rings. The van der Waals surface area contributed by atoms with Gasteiger partial charge in [0.05, 0.1) is 16.7 Å². The summed E-state index contributed by atoms with van der Waals surface area (Å²) < 4.78 is 7.91. The Balaban J connectivity index is 2.14. The molecule has 1 aromatic carbocycles. The molecular formula is C22H32BrN3O3S. The summed E-state index contributed by atoms with van der Waals surface area (Å²) in [6, 6.07) is 5.62. The van der Waals surface area contributed by atoms with E-state index in [0.717, 1.165) is 17.3 Å². The average Bonchev–Trinajstić information content (AvgIpc) is 2.70. The van der Waals surface area contributed by atoms with Crippen LogP contribution < -0.4 is 10.9 Å². The molecule has 0 aliphatic rings. The number of rotatable bonds is 12. The number of nitrogens with zero attached hydrogens (tertiary/aromatic N) is 2. The highest BCUT2D eigenvalue weighted by Gasteiger charge is 2.15. The normalized spacial score (nSPS) is 12.5. The van der Waals surface area contributed by atoms with E-state index in [0.29, 0.717) is 48.2 Å². The lowest BCUT2D eigenvalue weighted by Gasteiger charge is -2.16. The zero-order chi connectivity index (χ0) is 22.1. The van der Waals surface area contributed by atoms with Crippen molar-refractivity contribution < 1.29 is 9.53 Å². The number of aromatic nitrogens is 2. The number of nitrogens with one attached hydrogen (secondary N) is 1. The van der Waals surface area contributed by atoms with E-state index in [2.05, 4.69) is 40.1 Å². The molecule has 0 bridgehead atoms. The van der Waals surface area contributed by atoms with Crippen molar-refractivity contribution in [3.8, 4) is 0 Å². The second kappa shape index (κ2) is 12.5. The number of carbonyl (C=O) groups excluding carboxylic acids is 1. The van der Waals surface area contributed by atoms with Crippen LogP contribution in [0.2, 0.25) is 0 Å². The maximum atomic E-state index is 13.1. The number of ether oxygens (including phenoxy) is 1. The van der Waals surface area contributed by atoms with Gasteiger partial charge in [-0.3, -0.25) is 14.2 Å². The number of halogens is 1. The Labute approximate surface area is 191 Å². The number of amides is 1. The van der Waals surface area contributed by atoms with Gasteiger partial charge in [-0.1, -0.05) is 41.5 Å². The summed E-state index contributed by atoms with van der Waals surface area (Å²) in [5.41, 5.74) is 0.545. The van der Waals surface area contributed by atoms with Crippen molar-refractivity contribution in [1.82, 2.24) is 14.9 Å². The Morgan fingerprint density at radius 1 is 1.30 bits per heavy atom. The molecule has 0 radical (unpaired) electrons. The first-order valence-electron chi connectivity index (χ1n) is 10.5. The molecule has 6 nitrogen and oxygen atoms in total. The van der Waals surface area contributed by atoms with E-state index in [1.807, 2.05) is 26.0 Å². The molecule has 0 saturated heterocycles. The van der Waals surface area contributed by atoms with Crippen LogP contribution in [0.25, 0.3) is 10.9 Å². The first kappa shape index (κ1) is 24.9. The summed E-state index contributed by atoms with van der Waals surface area (Å²) >= 11 is 4.73. The minimum Gasteiger partial charge on any atom is -0.382 e. The second-order valence-corrected chi connectivity index (χ2v) is 9.65. The van der Waals surface area contributed by atoms with Gasteiger partial charge in [-0.15, -0.1) is 0 Å². The van der Waals surface area contributed by atoms with E-state index in [-0.39, 0.29) is 23.3 Å². The monoisotopic (exact) mass is 497 g/mol. The number of fused-ring (bicyclic) bond motifs is 1. The molecule has 0 aliphatic heterocycles. The largest absolute Gasteiger partial charge is 0.382 e. The van der Waals surface area contributed by atoms with Crippen LogP contribution in [0, 0.1) is 5.92 Å². The van der Waals surface area contributed by atoms with Crippen LogP contribution in [0.1, 0.15) is 47.0 Å². The van der Waals surface area contributed by atoms with Gasteiger partial charge < -0.3 is 10.1 Å². The van der Waals surface area contributed by atoms with Crippen LogP contribution in [-0.2, 0) is 16.1 Å². The number of hydrogen-bond acceptors (Lipinski definition) is 5. The van der Waals surface area contributed by atoms with E-state index < -0.39 is 0 Å². The predicted molar refractivity (Wildman–Crippen MR) is 127 cm³/mol. The smallest absolute Gasteiger partial charge is 0.262 e. The Bertz CT molecular complexity index is 901. The zero-order valence-electron chi connectivity index (χ0n) is 18.2. The minimum absolute atomic E-state index is 0.0396. The summed E-state index contributed by atoms with van der Waals surface area (Å²) in [7, 11) is 0. The molecule has 8 heteroatoms. The standard InChI is InChI=1S/C22H32BrN3O3S/c1-5-29-12-6-11-26-21(28)18-13-17(23)9-10-19(18)25-22(26)30-14-20(27)24-16(4)8-7-15(2)3/h9-10,13,15-16H,5-8,11-12,14H2,1-4H3,(H,24,27). The van der Waals surface area contributed by atoms with Crippen LogP contribution in [0.5, 0.6) is 0 Å². The molecule has 1 unspecified atom stereocenters. The molecule has 1 heterocycles. The number of carbonyl (C=O) groups is 1. The van der Waals surface area contributed by atoms with Crippen LogP contribution in [0.15, 0.2) is 32.6 Å². The van der Waals surface area contributed by atoms with E-state index >= 15 is 0 Å². The maximum absolute atomic E-state index is 13.1. The van der Waals surface area contributed by atoms with Gasteiger partial charge in [-0.05, 0) is 57.2 Å². The number of hydrogen-bond donors (Lipinski definition) is 1. The molecular weight excluding hydrogens is 466 g/mol. The van der Waals surface area contributed by atoms with Crippen molar-refractivity contribution in [2.24, 2.45) is 5.92 Å². The maximum Gasteiger partial charge on any atom is 0.262 e. The first-order chi connectivity index (χ1) is 14.3. The van der Waals surface area contributed by atoms with Gasteiger partial charge in [-0.2, -0.15) is 0 Å². The van der Waals surface area contributed by atoms with Crippen molar-refractivity contribution in [3.05, 3.63) is 33.0 Å². The third-order valence-electron chi connectivity index (χ3n) is 4.67. The summed E-state index contributed by atoms with van der Waals surface area (Å²) in [5, 5.41) is 4.18. The Hall–Kier alpha value is -1.38. The molecule has 1 amide bonds. The lowest BCUT2D eigenvalue weighted by atomic mass is 10.0. The van der Waals surface area contributed by atoms with Crippen LogP contribution in [0.3, 0.4) is 0 Å². The third kappa shape index (κ3) is 7.71. The van der Waals surface area contributed by atoms with Crippen molar-refractivity contribution >= 4 is 44.5 Å². The molecule has 0 saturated carbocycles. The van der Waals surface area contributed by atoms with Crippen molar-refractivity contribution in [1.29, 1.82) is 0 Å². The average molecular weight is 498 g/mol. The van der Waals surface area contributed by atoms with Gasteiger partial charge in [0, 0.05) is 30.3 Å². The van der Waals surface area contributed by atoms with Gasteiger partial charge in [-0.25, -0.2) is 4.98 Å². The second-order valence-electron chi connectivity index (χ2n) is 7.79. The fraction of sp³-hybridized carbons (Fsp3) is 0.591. The lowest BCUT2D eigenvalue weighted by Crippen LogP contribution is -2.34. The highest BCUT2D eigenvalue weighted by molar-refractivity contribution is 9.10. The fourth-order valence-electron chi connectivity index (χ4n) is 3.05. The quantitative estimate of drug-likeness (QED) is 0.263. The van der Waals surface area contributed by atoms with Gasteiger partial charge >= 0.3 is 0 Å². The molecule has 1 atom stereocenters. The van der Waals surface area contributed by atoms with Crippen molar-refractivity contribution in [2.75, 3.05) is 19.0 Å². The van der Waals surface area contributed by atoms with Crippen molar-refractivity contribution in [2.45, 2.75) is 64.7 Å². The molecule has 2 rings (SSSR count). The molecule has 0 aliphatic carbocycles. The highest BCUT2D eigenvalue weighted by atomic mass is 79.9. The first-order valence-corrected chi connectivity index (χ1v) is 12.3. The SMILES string of the molecule is CCOCCCn1c(SCC(=O)NC(C)CCC(C)C)nc2ccc(Br)cc2c1=O. The fourth-order valence-corrected chi connectivity index (χ4v) is 4.25. The van der Waals surface area contributed by atoms with Gasteiger partial charge in [0.25, 0.3) is 5.56 Å². The molecule has 1 N–H and O–H groups in total. The Kier molecular flexibility index (Phi) is 10.3. The summed E-state index contributed by atoms with van der Waals surface area (Å²) in [4.78, 5) is 30.2. The number of benzene rings is 1. The topological polar surface area (TPSA) is 73.2 Å². The molecule has 166 valence electrons. The molecule has 0 spiro atoms. The lowest BCUT2D eigenvalue weighted by molar-refractivity contribution is -0.119. The van der Waals surface area contributed by atoms with E-state index in [1.165, 1.54) is 11.8 Å². The van der Waals surface area contributed by atoms with Crippen molar-refractivity contribution in [3.63, 3.8) is 0 Å². The zero-order valence-corrected chi connectivity index (χ0v) is 20.6. The van der Waals surface area contributed by atoms with Crippen LogP contribution in [0.4, 0.5) is 0 Å². The molecule has 2 aromatic rings. The molecule has 30 heavy (non-hydrogen) atoms. The van der Waals surface area contributed by atoms with Gasteiger partial charge in [0.15, 0.2) is 5.16 Å². The van der Waals surface area contributed by atoms with Gasteiger partial charge in [0.1, 0.15) is 0 Å².